The van der Waals surface area contributed by atoms with E-state index in [9.17, 15) is 0 Å². The van der Waals surface area contributed by atoms with Gasteiger partial charge in [-0.05, 0) is 96.5 Å². The number of benzene rings is 2. The van der Waals surface area contributed by atoms with Crippen LogP contribution in [0.15, 0.2) is 52.9 Å². The molecule has 0 aliphatic carbocycles. The van der Waals surface area contributed by atoms with Crippen molar-refractivity contribution in [3.63, 3.8) is 0 Å². The molecule has 2 aromatic carbocycles. The van der Waals surface area contributed by atoms with Gasteiger partial charge < -0.3 is 23.4 Å². The Labute approximate surface area is 220 Å². The lowest BCUT2D eigenvalue weighted by molar-refractivity contribution is -0.181. The fourth-order valence-corrected chi connectivity index (χ4v) is 4.63. The van der Waals surface area contributed by atoms with Crippen LogP contribution in [0.2, 0.25) is 0 Å². The van der Waals surface area contributed by atoms with Crippen LogP contribution in [0.4, 0.5) is 0 Å². The van der Waals surface area contributed by atoms with E-state index in [1.165, 1.54) is 0 Å². The van der Waals surface area contributed by atoms with E-state index in [4.69, 9.17) is 23.4 Å². The van der Waals surface area contributed by atoms with Gasteiger partial charge in [0.25, 0.3) is 0 Å². The summed E-state index contributed by atoms with van der Waals surface area (Å²) in [6.07, 6.45) is 1.94. The lowest BCUT2D eigenvalue weighted by Gasteiger charge is -2.43. The molecule has 1 aliphatic rings. The zero-order valence-corrected chi connectivity index (χ0v) is 23.2. The molecule has 200 valence electrons. The van der Waals surface area contributed by atoms with E-state index in [0.29, 0.717) is 18.4 Å². The number of hydrogen-bond acceptors (Lipinski definition) is 7. The Kier molecular flexibility index (Phi) is 7.95. The van der Waals surface area contributed by atoms with E-state index in [2.05, 4.69) is 44.8 Å². The molecule has 0 radical (unpaired) electrons. The molecule has 1 fully saturated rings. The first-order chi connectivity index (χ1) is 17.5. The van der Waals surface area contributed by atoms with E-state index < -0.39 is 5.60 Å². The van der Waals surface area contributed by atoms with Crippen molar-refractivity contribution in [2.24, 2.45) is 5.41 Å². The third kappa shape index (κ3) is 7.11. The Morgan fingerprint density at radius 2 is 1.38 bits per heavy atom. The second-order valence-corrected chi connectivity index (χ2v) is 11.6. The minimum Gasteiger partial charge on any atom is -0.491 e. The van der Waals surface area contributed by atoms with Gasteiger partial charge in [-0.15, -0.1) is 10.2 Å². The van der Waals surface area contributed by atoms with Crippen molar-refractivity contribution in [2.75, 3.05) is 19.8 Å². The number of ether oxygens (including phenoxy) is 4. The molecular weight excluding hydrogens is 468 g/mol. The van der Waals surface area contributed by atoms with Gasteiger partial charge in [-0.25, -0.2) is 0 Å². The summed E-state index contributed by atoms with van der Waals surface area (Å²) >= 11 is 0. The van der Waals surface area contributed by atoms with Gasteiger partial charge in [0.15, 0.2) is 0 Å². The Hall–Kier alpha value is -2.90. The zero-order chi connectivity index (χ0) is 26.7. The van der Waals surface area contributed by atoms with Crippen LogP contribution in [0, 0.1) is 5.41 Å². The highest BCUT2D eigenvalue weighted by Crippen LogP contribution is 2.35. The van der Waals surface area contributed by atoms with Crippen LogP contribution in [0.3, 0.4) is 0 Å². The van der Waals surface area contributed by atoms with Gasteiger partial charge in [-0.1, -0.05) is 6.92 Å². The highest BCUT2D eigenvalue weighted by atomic mass is 16.5. The van der Waals surface area contributed by atoms with E-state index in [-0.39, 0.29) is 17.1 Å². The maximum atomic E-state index is 6.36. The lowest BCUT2D eigenvalue weighted by atomic mass is 9.83. The van der Waals surface area contributed by atoms with E-state index in [0.717, 1.165) is 48.7 Å². The number of nitrogens with zero attached hydrogens (tertiary/aromatic N) is 2. The van der Waals surface area contributed by atoms with Crippen molar-refractivity contribution in [2.45, 2.75) is 78.6 Å². The second-order valence-electron chi connectivity index (χ2n) is 11.6. The molecule has 4 rings (SSSR count). The van der Waals surface area contributed by atoms with Crippen molar-refractivity contribution in [1.29, 1.82) is 0 Å². The van der Waals surface area contributed by atoms with E-state index >= 15 is 0 Å². The van der Waals surface area contributed by atoms with Gasteiger partial charge in [-0.2, -0.15) is 0 Å². The summed E-state index contributed by atoms with van der Waals surface area (Å²) in [6, 6.07) is 15.4. The maximum absolute atomic E-state index is 6.36. The molecule has 0 unspecified atom stereocenters. The molecule has 1 aliphatic heterocycles. The van der Waals surface area contributed by atoms with Gasteiger partial charge in [0.05, 0.1) is 31.5 Å². The monoisotopic (exact) mass is 508 g/mol. The fourth-order valence-electron chi connectivity index (χ4n) is 4.63. The first-order valence-electron chi connectivity index (χ1n) is 13.1. The summed E-state index contributed by atoms with van der Waals surface area (Å²) in [4.78, 5) is 0. The lowest BCUT2D eigenvalue weighted by Crippen LogP contribution is -2.49. The maximum Gasteiger partial charge on any atom is 0.248 e. The van der Waals surface area contributed by atoms with Gasteiger partial charge in [0, 0.05) is 23.0 Å². The Morgan fingerprint density at radius 3 is 1.84 bits per heavy atom. The predicted molar refractivity (Wildman–Crippen MR) is 144 cm³/mol. The topological polar surface area (TPSA) is 75.8 Å². The van der Waals surface area contributed by atoms with Gasteiger partial charge in [-0.3, -0.25) is 0 Å². The fraction of sp³-hybridized carbons (Fsp3) is 0.533. The van der Waals surface area contributed by atoms with Crippen molar-refractivity contribution in [3.05, 3.63) is 48.5 Å². The van der Waals surface area contributed by atoms with Crippen LogP contribution < -0.4 is 9.47 Å². The molecule has 0 atom stereocenters. The average Bonchev–Trinajstić information content (AvgIpc) is 3.28. The molecule has 3 aromatic rings. The summed E-state index contributed by atoms with van der Waals surface area (Å²) in [5.74, 6) is 2.52. The van der Waals surface area contributed by atoms with Crippen LogP contribution in [0.5, 0.6) is 11.5 Å². The number of aromatic nitrogens is 2. The molecule has 1 saturated heterocycles. The predicted octanol–water partition coefficient (Wildman–Crippen LogP) is 6.96. The van der Waals surface area contributed by atoms with E-state index in [1.54, 1.807) is 0 Å². The molecule has 0 saturated carbocycles. The largest absolute Gasteiger partial charge is 0.491 e. The standard InChI is InChI=1S/C30H40N2O5/c1-8-30(18-33-19-30)20-34-28(4,5)17-29(6,7)37-25-15-11-23(12-16-25)27-32-31-26(36-27)22-9-13-24(14-10-22)35-21(2)3/h9-16,21H,8,17-20H2,1-7H3. The summed E-state index contributed by atoms with van der Waals surface area (Å²) in [5, 5.41) is 8.45. The molecular formula is C30H40N2O5. The van der Waals surface area contributed by atoms with Crippen LogP contribution in [0.1, 0.15) is 61.3 Å². The van der Waals surface area contributed by atoms with Gasteiger partial charge in [0.2, 0.25) is 11.8 Å². The highest BCUT2D eigenvalue weighted by Gasteiger charge is 2.40. The molecule has 1 aromatic heterocycles. The summed E-state index contributed by atoms with van der Waals surface area (Å²) in [7, 11) is 0. The average molecular weight is 509 g/mol. The number of rotatable bonds is 12. The quantitative estimate of drug-likeness (QED) is 0.262. The molecule has 7 nitrogen and oxygen atoms in total. The first kappa shape index (κ1) is 27.1. The number of hydrogen-bond donors (Lipinski definition) is 0. The minimum atomic E-state index is -0.413. The highest BCUT2D eigenvalue weighted by molar-refractivity contribution is 5.59. The molecule has 37 heavy (non-hydrogen) atoms. The van der Waals surface area contributed by atoms with E-state index in [1.807, 2.05) is 62.4 Å². The van der Waals surface area contributed by atoms with Crippen molar-refractivity contribution in [3.8, 4) is 34.4 Å². The van der Waals surface area contributed by atoms with Crippen LogP contribution in [-0.4, -0.2) is 47.3 Å². The SMILES string of the molecule is CCC1(COC(C)(C)CC(C)(C)Oc2ccc(-c3nnc(-c4ccc(OC(C)C)cc4)o3)cc2)COC1. The normalized spacial score (nSPS) is 15.5. The summed E-state index contributed by atoms with van der Waals surface area (Å²) < 4.78 is 29.8. The first-order valence-corrected chi connectivity index (χ1v) is 13.1. The smallest absolute Gasteiger partial charge is 0.248 e. The van der Waals surface area contributed by atoms with Gasteiger partial charge in [0.1, 0.15) is 17.1 Å². The van der Waals surface area contributed by atoms with Crippen LogP contribution >= 0.6 is 0 Å². The van der Waals surface area contributed by atoms with Crippen LogP contribution in [0.25, 0.3) is 22.9 Å². The third-order valence-corrected chi connectivity index (χ3v) is 6.58. The van der Waals surface area contributed by atoms with Crippen molar-refractivity contribution < 1.29 is 23.4 Å². The molecule has 7 heteroatoms. The Morgan fingerprint density at radius 1 is 0.838 bits per heavy atom. The van der Waals surface area contributed by atoms with Crippen molar-refractivity contribution >= 4 is 0 Å². The zero-order valence-electron chi connectivity index (χ0n) is 23.2. The molecule has 0 spiro atoms. The molecule has 2 heterocycles. The molecule has 0 N–H and O–H groups in total. The summed E-state index contributed by atoms with van der Waals surface area (Å²) in [5.41, 5.74) is 1.11. The Bertz CT molecular complexity index is 1140. The van der Waals surface area contributed by atoms with Crippen molar-refractivity contribution in [1.82, 2.24) is 10.2 Å². The minimum absolute atomic E-state index is 0.124. The molecule has 0 amide bonds. The second kappa shape index (κ2) is 10.8. The summed E-state index contributed by atoms with van der Waals surface area (Å²) in [6.45, 7) is 16.9. The molecule has 0 bridgehead atoms. The third-order valence-electron chi connectivity index (χ3n) is 6.58. The van der Waals surface area contributed by atoms with Crippen LogP contribution in [-0.2, 0) is 9.47 Å². The Balaban J connectivity index is 1.35. The van der Waals surface area contributed by atoms with Gasteiger partial charge >= 0.3 is 0 Å².